The van der Waals surface area contributed by atoms with Crippen LogP contribution in [0.25, 0.3) is 0 Å². The largest absolute Gasteiger partial charge is 0.495 e. The summed E-state index contributed by atoms with van der Waals surface area (Å²) in [5.41, 5.74) is 1.06. The molecule has 0 radical (unpaired) electrons. The molecule has 1 aromatic carbocycles. The van der Waals surface area contributed by atoms with E-state index in [-0.39, 0.29) is 18.0 Å². The summed E-state index contributed by atoms with van der Waals surface area (Å²) in [4.78, 5) is 14.0. The predicted molar refractivity (Wildman–Crippen MR) is 92.3 cm³/mol. The zero-order valence-electron chi connectivity index (χ0n) is 14.1. The number of hydrogen-bond acceptors (Lipinski definition) is 5. The standard InChI is InChI=1S/C17H24BrNO4/c1-5-16(20)23-13-6-7-19(2)10-12(13)11-8-14(21-3)17(18)15(9-11)22-4/h8-9,12-13H,5-7,10H2,1-4H3. The van der Waals surface area contributed by atoms with Gasteiger partial charge in [-0.2, -0.15) is 0 Å². The fraction of sp³-hybridized carbons (Fsp3) is 0.588. The van der Waals surface area contributed by atoms with Crippen molar-refractivity contribution < 1.29 is 19.0 Å². The molecule has 2 atom stereocenters. The molecule has 128 valence electrons. The molecule has 0 aromatic heterocycles. The van der Waals surface area contributed by atoms with E-state index in [1.54, 1.807) is 14.2 Å². The van der Waals surface area contributed by atoms with Crippen molar-refractivity contribution in [2.75, 3.05) is 34.4 Å². The number of hydrogen-bond donors (Lipinski definition) is 0. The Balaban J connectivity index is 2.36. The van der Waals surface area contributed by atoms with Gasteiger partial charge in [0.2, 0.25) is 0 Å². The molecule has 0 amide bonds. The summed E-state index contributed by atoms with van der Waals surface area (Å²) in [6, 6.07) is 3.98. The lowest BCUT2D eigenvalue weighted by molar-refractivity contribution is -0.151. The van der Waals surface area contributed by atoms with Crippen LogP contribution in [0.5, 0.6) is 11.5 Å². The lowest BCUT2D eigenvalue weighted by atomic mass is 9.87. The average molecular weight is 386 g/mol. The van der Waals surface area contributed by atoms with Gasteiger partial charge in [0.1, 0.15) is 22.1 Å². The van der Waals surface area contributed by atoms with E-state index in [1.807, 2.05) is 19.1 Å². The molecule has 1 aliphatic rings. The van der Waals surface area contributed by atoms with Gasteiger partial charge >= 0.3 is 5.97 Å². The minimum absolute atomic E-state index is 0.0974. The summed E-state index contributed by atoms with van der Waals surface area (Å²) in [7, 11) is 5.34. The van der Waals surface area contributed by atoms with Gasteiger partial charge < -0.3 is 19.1 Å². The molecule has 1 saturated heterocycles. The molecular formula is C17H24BrNO4. The van der Waals surface area contributed by atoms with Crippen LogP contribution in [-0.4, -0.2) is 51.3 Å². The monoisotopic (exact) mass is 385 g/mol. The lowest BCUT2D eigenvalue weighted by Gasteiger charge is -2.36. The van der Waals surface area contributed by atoms with Gasteiger partial charge in [-0.25, -0.2) is 0 Å². The number of nitrogens with zero attached hydrogens (tertiary/aromatic N) is 1. The van der Waals surface area contributed by atoms with Crippen LogP contribution in [0.1, 0.15) is 31.2 Å². The summed E-state index contributed by atoms with van der Waals surface area (Å²) in [6.45, 7) is 3.57. The van der Waals surface area contributed by atoms with Crippen LogP contribution >= 0.6 is 15.9 Å². The number of methoxy groups -OCH3 is 2. The van der Waals surface area contributed by atoms with Crippen molar-refractivity contribution in [1.29, 1.82) is 0 Å². The predicted octanol–water partition coefficient (Wildman–Crippen LogP) is 3.21. The maximum atomic E-state index is 11.7. The van der Waals surface area contributed by atoms with Crippen LogP contribution in [0, 0.1) is 0 Å². The normalized spacial score (nSPS) is 21.8. The van der Waals surface area contributed by atoms with E-state index in [1.165, 1.54) is 0 Å². The fourth-order valence-electron chi connectivity index (χ4n) is 2.91. The van der Waals surface area contributed by atoms with Gasteiger partial charge in [0.15, 0.2) is 0 Å². The van der Waals surface area contributed by atoms with Crippen LogP contribution in [0.15, 0.2) is 16.6 Å². The first-order valence-electron chi connectivity index (χ1n) is 7.79. The molecule has 0 bridgehead atoms. The molecule has 1 heterocycles. The highest BCUT2D eigenvalue weighted by molar-refractivity contribution is 9.10. The summed E-state index contributed by atoms with van der Waals surface area (Å²) in [5, 5.41) is 0. The van der Waals surface area contributed by atoms with Crippen molar-refractivity contribution in [1.82, 2.24) is 4.90 Å². The first-order chi connectivity index (χ1) is 11.0. The zero-order chi connectivity index (χ0) is 17.0. The molecule has 0 aliphatic carbocycles. The van der Waals surface area contributed by atoms with Crippen molar-refractivity contribution in [2.45, 2.75) is 31.8 Å². The number of likely N-dealkylation sites (N-methyl/N-ethyl adjacent to an activating group) is 1. The number of benzene rings is 1. The Hall–Kier alpha value is -1.27. The Morgan fingerprint density at radius 3 is 2.43 bits per heavy atom. The van der Waals surface area contributed by atoms with Gasteiger partial charge in [-0.05, 0) is 47.1 Å². The fourth-order valence-corrected chi connectivity index (χ4v) is 3.46. The van der Waals surface area contributed by atoms with Gasteiger partial charge in [0.25, 0.3) is 0 Å². The van der Waals surface area contributed by atoms with Gasteiger partial charge in [-0.3, -0.25) is 4.79 Å². The van der Waals surface area contributed by atoms with Crippen molar-refractivity contribution in [3.05, 3.63) is 22.2 Å². The molecular weight excluding hydrogens is 362 g/mol. The van der Waals surface area contributed by atoms with E-state index in [0.717, 1.165) is 29.5 Å². The average Bonchev–Trinajstić information content (AvgIpc) is 2.56. The summed E-state index contributed by atoms with van der Waals surface area (Å²) >= 11 is 3.49. The van der Waals surface area contributed by atoms with Crippen LogP contribution in [0.3, 0.4) is 0 Å². The minimum Gasteiger partial charge on any atom is -0.495 e. The summed E-state index contributed by atoms with van der Waals surface area (Å²) in [6.07, 6.45) is 1.11. The molecule has 1 aliphatic heterocycles. The Labute approximate surface area is 146 Å². The minimum atomic E-state index is -0.152. The van der Waals surface area contributed by atoms with Gasteiger partial charge in [-0.1, -0.05) is 6.92 Å². The third-order valence-electron chi connectivity index (χ3n) is 4.22. The van der Waals surface area contributed by atoms with Gasteiger partial charge in [0.05, 0.1) is 14.2 Å². The zero-order valence-corrected chi connectivity index (χ0v) is 15.7. The molecule has 0 saturated carbocycles. The van der Waals surface area contributed by atoms with E-state index in [2.05, 4.69) is 27.9 Å². The first-order valence-corrected chi connectivity index (χ1v) is 8.58. The molecule has 6 heteroatoms. The Morgan fingerprint density at radius 2 is 1.91 bits per heavy atom. The molecule has 1 aromatic rings. The molecule has 0 N–H and O–H groups in total. The molecule has 5 nitrogen and oxygen atoms in total. The Bertz CT molecular complexity index is 539. The SMILES string of the molecule is CCC(=O)OC1CCN(C)CC1c1cc(OC)c(Br)c(OC)c1. The topological polar surface area (TPSA) is 48.0 Å². The second-order valence-electron chi connectivity index (χ2n) is 5.78. The Kier molecular flexibility index (Phi) is 6.30. The third kappa shape index (κ3) is 4.18. The van der Waals surface area contributed by atoms with Crippen LogP contribution in [0.4, 0.5) is 0 Å². The quantitative estimate of drug-likeness (QED) is 0.728. The summed E-state index contributed by atoms with van der Waals surface area (Å²) < 4.78 is 17.3. The molecule has 23 heavy (non-hydrogen) atoms. The molecule has 0 spiro atoms. The number of likely N-dealkylation sites (tertiary alicyclic amines) is 1. The lowest BCUT2D eigenvalue weighted by Crippen LogP contribution is -2.41. The van der Waals surface area contributed by atoms with Crippen LogP contribution in [0.2, 0.25) is 0 Å². The second-order valence-corrected chi connectivity index (χ2v) is 6.57. The number of esters is 1. The number of carbonyl (C=O) groups is 1. The molecule has 2 rings (SSSR count). The maximum Gasteiger partial charge on any atom is 0.305 e. The summed E-state index contributed by atoms with van der Waals surface area (Å²) in [5.74, 6) is 1.38. The van der Waals surface area contributed by atoms with Crippen LogP contribution in [-0.2, 0) is 9.53 Å². The van der Waals surface area contributed by atoms with Crippen molar-refractivity contribution in [3.8, 4) is 11.5 Å². The number of ether oxygens (including phenoxy) is 3. The van der Waals surface area contributed by atoms with Crippen molar-refractivity contribution >= 4 is 21.9 Å². The third-order valence-corrected chi connectivity index (χ3v) is 5.00. The number of piperidine rings is 1. The number of halogens is 1. The van der Waals surface area contributed by atoms with E-state index < -0.39 is 0 Å². The van der Waals surface area contributed by atoms with Gasteiger partial charge in [0, 0.05) is 25.4 Å². The van der Waals surface area contributed by atoms with E-state index in [0.29, 0.717) is 17.9 Å². The molecule has 2 unspecified atom stereocenters. The smallest absolute Gasteiger partial charge is 0.305 e. The highest BCUT2D eigenvalue weighted by Gasteiger charge is 2.32. The van der Waals surface area contributed by atoms with Crippen molar-refractivity contribution in [2.24, 2.45) is 0 Å². The second kappa shape index (κ2) is 8.02. The van der Waals surface area contributed by atoms with Gasteiger partial charge in [-0.15, -0.1) is 0 Å². The van der Waals surface area contributed by atoms with E-state index in [4.69, 9.17) is 14.2 Å². The van der Waals surface area contributed by atoms with Crippen LogP contribution < -0.4 is 9.47 Å². The highest BCUT2D eigenvalue weighted by atomic mass is 79.9. The Morgan fingerprint density at radius 1 is 1.30 bits per heavy atom. The first kappa shape index (κ1) is 18.1. The van der Waals surface area contributed by atoms with E-state index >= 15 is 0 Å². The highest BCUT2D eigenvalue weighted by Crippen LogP contribution is 2.40. The molecule has 1 fully saturated rings. The van der Waals surface area contributed by atoms with E-state index in [9.17, 15) is 4.79 Å². The maximum absolute atomic E-state index is 11.7. The number of rotatable bonds is 5. The van der Waals surface area contributed by atoms with Crippen molar-refractivity contribution in [3.63, 3.8) is 0 Å². The number of carbonyl (C=O) groups excluding carboxylic acids is 1.